The number of hydrogen-bond acceptors (Lipinski definition) is 2. The third kappa shape index (κ3) is 2.33. The van der Waals surface area contributed by atoms with E-state index in [0.717, 1.165) is 30.3 Å². The maximum atomic E-state index is 11.5. The molecule has 3 heteroatoms. The summed E-state index contributed by atoms with van der Waals surface area (Å²) in [6.45, 7) is 3.16. The molecule has 2 aromatic rings. The minimum absolute atomic E-state index is 0.282. The minimum atomic E-state index is -0.282. The van der Waals surface area contributed by atoms with E-state index in [1.54, 1.807) is 6.07 Å². The van der Waals surface area contributed by atoms with Crippen LogP contribution < -0.4 is 0 Å². The van der Waals surface area contributed by atoms with Crippen molar-refractivity contribution >= 4 is 16.9 Å². The molecule has 1 aromatic carbocycles. The van der Waals surface area contributed by atoms with E-state index in [4.69, 9.17) is 4.74 Å². The maximum absolute atomic E-state index is 11.5. The van der Waals surface area contributed by atoms with E-state index in [1.807, 2.05) is 12.1 Å². The number of aromatic nitrogens is 1. The van der Waals surface area contributed by atoms with E-state index in [0.29, 0.717) is 5.56 Å². The molecule has 17 heavy (non-hydrogen) atoms. The Hall–Kier alpha value is -1.77. The van der Waals surface area contributed by atoms with Crippen LogP contribution in [0, 0.1) is 0 Å². The number of hydrogen-bond donors (Lipinski definition) is 0. The smallest absolute Gasteiger partial charge is 0.337 e. The lowest BCUT2D eigenvalue weighted by Gasteiger charge is -2.05. The average Bonchev–Trinajstić information content (AvgIpc) is 2.77. The lowest BCUT2D eigenvalue weighted by molar-refractivity contribution is 0.0601. The zero-order valence-electron chi connectivity index (χ0n) is 10.3. The Kier molecular flexibility index (Phi) is 3.47. The molecule has 0 saturated carbocycles. The van der Waals surface area contributed by atoms with E-state index in [-0.39, 0.29) is 5.97 Å². The number of nitrogens with zero attached hydrogens (tertiary/aromatic N) is 1. The molecule has 0 aliphatic rings. The van der Waals surface area contributed by atoms with Gasteiger partial charge >= 0.3 is 5.97 Å². The van der Waals surface area contributed by atoms with Crippen LogP contribution in [0.1, 0.15) is 30.1 Å². The molecule has 0 radical (unpaired) electrons. The lowest BCUT2D eigenvalue weighted by Crippen LogP contribution is -2.02. The highest BCUT2D eigenvalue weighted by Crippen LogP contribution is 2.18. The number of aryl methyl sites for hydroxylation is 1. The van der Waals surface area contributed by atoms with Gasteiger partial charge in [-0.05, 0) is 30.0 Å². The van der Waals surface area contributed by atoms with Gasteiger partial charge in [-0.25, -0.2) is 4.79 Å². The Morgan fingerprint density at radius 1 is 1.35 bits per heavy atom. The van der Waals surface area contributed by atoms with Crippen molar-refractivity contribution in [3.8, 4) is 0 Å². The van der Waals surface area contributed by atoms with Crippen molar-refractivity contribution in [1.82, 2.24) is 4.57 Å². The third-order valence-corrected chi connectivity index (χ3v) is 2.95. The monoisotopic (exact) mass is 231 g/mol. The standard InChI is InChI=1S/C14H17NO2/c1-3-4-8-15-9-7-11-5-6-12(10-13(11)15)14(16)17-2/h5-7,9-10H,3-4,8H2,1-2H3. The average molecular weight is 231 g/mol. The first-order valence-electron chi connectivity index (χ1n) is 5.93. The number of unbranched alkanes of at least 4 members (excludes halogenated alkanes) is 1. The largest absolute Gasteiger partial charge is 0.465 e. The summed E-state index contributed by atoms with van der Waals surface area (Å²) in [5, 5.41) is 1.16. The highest BCUT2D eigenvalue weighted by atomic mass is 16.5. The van der Waals surface area contributed by atoms with Crippen molar-refractivity contribution in [2.75, 3.05) is 7.11 Å². The number of rotatable bonds is 4. The van der Waals surface area contributed by atoms with Crippen LogP contribution in [0.15, 0.2) is 30.5 Å². The van der Waals surface area contributed by atoms with Gasteiger partial charge in [0, 0.05) is 18.3 Å². The second kappa shape index (κ2) is 5.04. The van der Waals surface area contributed by atoms with Gasteiger partial charge in [0.2, 0.25) is 0 Å². The van der Waals surface area contributed by atoms with Gasteiger partial charge in [-0.15, -0.1) is 0 Å². The summed E-state index contributed by atoms with van der Waals surface area (Å²) in [5.74, 6) is -0.282. The number of fused-ring (bicyclic) bond motifs is 1. The van der Waals surface area contributed by atoms with Crippen molar-refractivity contribution in [1.29, 1.82) is 0 Å². The van der Waals surface area contributed by atoms with Crippen molar-refractivity contribution in [3.05, 3.63) is 36.0 Å². The van der Waals surface area contributed by atoms with Gasteiger partial charge in [0.25, 0.3) is 0 Å². The van der Waals surface area contributed by atoms with Gasteiger partial charge in [-0.3, -0.25) is 0 Å². The Bertz CT molecular complexity index is 528. The predicted molar refractivity (Wildman–Crippen MR) is 68.2 cm³/mol. The molecule has 0 atom stereocenters. The zero-order chi connectivity index (χ0) is 12.3. The number of carbonyl (C=O) groups is 1. The molecular formula is C14H17NO2. The Labute approximate surface area is 101 Å². The van der Waals surface area contributed by atoms with Crippen LogP contribution >= 0.6 is 0 Å². The third-order valence-electron chi connectivity index (χ3n) is 2.95. The number of ether oxygens (including phenoxy) is 1. The predicted octanol–water partition coefficient (Wildman–Crippen LogP) is 3.23. The molecular weight excluding hydrogens is 214 g/mol. The summed E-state index contributed by atoms with van der Waals surface area (Å²) in [6, 6.07) is 7.74. The highest BCUT2D eigenvalue weighted by molar-refractivity contribution is 5.94. The number of esters is 1. The summed E-state index contributed by atoms with van der Waals surface area (Å²) in [7, 11) is 1.41. The molecule has 0 aliphatic heterocycles. The molecule has 2 rings (SSSR count). The number of carbonyl (C=O) groups excluding carboxylic acids is 1. The molecule has 0 unspecified atom stereocenters. The van der Waals surface area contributed by atoms with E-state index in [9.17, 15) is 4.79 Å². The Morgan fingerprint density at radius 3 is 2.88 bits per heavy atom. The molecule has 0 fully saturated rings. The van der Waals surface area contributed by atoms with Gasteiger partial charge in [0.1, 0.15) is 0 Å². The minimum Gasteiger partial charge on any atom is -0.465 e. The second-order valence-corrected chi connectivity index (χ2v) is 4.13. The summed E-state index contributed by atoms with van der Waals surface area (Å²) in [4.78, 5) is 11.5. The van der Waals surface area contributed by atoms with Gasteiger partial charge in [-0.2, -0.15) is 0 Å². The SMILES string of the molecule is CCCCn1ccc2ccc(C(=O)OC)cc21. The molecule has 0 bridgehead atoms. The Balaban J connectivity index is 2.39. The molecule has 0 spiro atoms. The van der Waals surface area contributed by atoms with Crippen LogP contribution in [0.4, 0.5) is 0 Å². The van der Waals surface area contributed by atoms with Crippen molar-refractivity contribution in [2.24, 2.45) is 0 Å². The fourth-order valence-corrected chi connectivity index (χ4v) is 1.95. The van der Waals surface area contributed by atoms with E-state index in [2.05, 4.69) is 23.8 Å². The van der Waals surface area contributed by atoms with Crippen LogP contribution in [0.5, 0.6) is 0 Å². The lowest BCUT2D eigenvalue weighted by atomic mass is 10.1. The van der Waals surface area contributed by atoms with Crippen LogP contribution in [-0.4, -0.2) is 17.6 Å². The van der Waals surface area contributed by atoms with Crippen molar-refractivity contribution < 1.29 is 9.53 Å². The van der Waals surface area contributed by atoms with Crippen LogP contribution in [-0.2, 0) is 11.3 Å². The normalized spacial score (nSPS) is 10.7. The van der Waals surface area contributed by atoms with Crippen molar-refractivity contribution in [3.63, 3.8) is 0 Å². The van der Waals surface area contributed by atoms with Gasteiger partial charge in [-0.1, -0.05) is 19.4 Å². The first kappa shape index (κ1) is 11.7. The summed E-state index contributed by atoms with van der Waals surface area (Å²) < 4.78 is 6.92. The van der Waals surface area contributed by atoms with E-state index in [1.165, 1.54) is 7.11 Å². The van der Waals surface area contributed by atoms with Gasteiger partial charge in [0.05, 0.1) is 12.7 Å². The fourth-order valence-electron chi connectivity index (χ4n) is 1.95. The highest BCUT2D eigenvalue weighted by Gasteiger charge is 2.08. The summed E-state index contributed by atoms with van der Waals surface area (Å²) >= 11 is 0. The molecule has 0 N–H and O–H groups in total. The molecule has 0 amide bonds. The van der Waals surface area contributed by atoms with Crippen LogP contribution in [0.2, 0.25) is 0 Å². The maximum Gasteiger partial charge on any atom is 0.337 e. The fraction of sp³-hybridized carbons (Fsp3) is 0.357. The van der Waals surface area contributed by atoms with Crippen LogP contribution in [0.25, 0.3) is 10.9 Å². The molecule has 0 saturated heterocycles. The molecule has 1 aromatic heterocycles. The number of methoxy groups -OCH3 is 1. The van der Waals surface area contributed by atoms with E-state index >= 15 is 0 Å². The van der Waals surface area contributed by atoms with Crippen LogP contribution in [0.3, 0.4) is 0 Å². The molecule has 90 valence electrons. The van der Waals surface area contributed by atoms with Gasteiger partial charge < -0.3 is 9.30 Å². The summed E-state index contributed by atoms with van der Waals surface area (Å²) in [5.41, 5.74) is 1.71. The quantitative estimate of drug-likeness (QED) is 0.756. The van der Waals surface area contributed by atoms with E-state index < -0.39 is 0 Å². The topological polar surface area (TPSA) is 31.2 Å². The zero-order valence-corrected chi connectivity index (χ0v) is 10.3. The Morgan fingerprint density at radius 2 is 2.18 bits per heavy atom. The van der Waals surface area contributed by atoms with Gasteiger partial charge in [0.15, 0.2) is 0 Å². The molecule has 0 aliphatic carbocycles. The second-order valence-electron chi connectivity index (χ2n) is 4.13. The first-order valence-corrected chi connectivity index (χ1v) is 5.93. The number of benzene rings is 1. The summed E-state index contributed by atoms with van der Waals surface area (Å²) in [6.07, 6.45) is 4.38. The molecule has 3 nitrogen and oxygen atoms in total. The molecule has 1 heterocycles. The first-order chi connectivity index (χ1) is 8.26. The van der Waals surface area contributed by atoms with Crippen molar-refractivity contribution in [2.45, 2.75) is 26.3 Å².